The van der Waals surface area contributed by atoms with Gasteiger partial charge in [-0.3, -0.25) is 9.78 Å². The highest BCUT2D eigenvalue weighted by molar-refractivity contribution is 6.32. The molecular formula is C30H27ClN6O4. The molecule has 208 valence electrons. The van der Waals surface area contributed by atoms with Crippen molar-refractivity contribution in [2.45, 2.75) is 13.0 Å². The summed E-state index contributed by atoms with van der Waals surface area (Å²) in [5, 5.41) is 16.4. The summed E-state index contributed by atoms with van der Waals surface area (Å²) in [7, 11) is 0. The number of carbonyl (C=O) groups excluding carboxylic acids is 1. The van der Waals surface area contributed by atoms with E-state index in [0.29, 0.717) is 59.0 Å². The molecule has 0 aliphatic rings. The summed E-state index contributed by atoms with van der Waals surface area (Å²) in [4.78, 5) is 28.4. The van der Waals surface area contributed by atoms with Crippen molar-refractivity contribution in [3.8, 4) is 22.6 Å². The van der Waals surface area contributed by atoms with Gasteiger partial charge in [-0.25, -0.2) is 9.97 Å². The molecule has 3 heterocycles. The number of aromatic amines is 1. The Labute approximate surface area is 241 Å². The van der Waals surface area contributed by atoms with Crippen LogP contribution in [0.1, 0.15) is 12.1 Å². The Kier molecular flexibility index (Phi) is 8.73. The second kappa shape index (κ2) is 12.9. The van der Waals surface area contributed by atoms with E-state index in [1.165, 1.54) is 12.4 Å². The monoisotopic (exact) mass is 570 g/mol. The molecule has 0 atom stereocenters. The smallest absolute Gasteiger partial charge is 0.247 e. The predicted molar refractivity (Wildman–Crippen MR) is 159 cm³/mol. The minimum Gasteiger partial charge on any atom is -0.491 e. The summed E-state index contributed by atoms with van der Waals surface area (Å²) in [6.45, 7) is 4.13. The molecule has 0 saturated carbocycles. The van der Waals surface area contributed by atoms with Crippen LogP contribution in [0.15, 0.2) is 86.0 Å². The van der Waals surface area contributed by atoms with Crippen molar-refractivity contribution in [1.82, 2.24) is 19.9 Å². The molecule has 41 heavy (non-hydrogen) atoms. The molecule has 5 aromatic rings. The van der Waals surface area contributed by atoms with Crippen LogP contribution in [0.2, 0.25) is 5.02 Å². The number of carbonyl (C=O) groups is 1. The molecule has 0 bridgehead atoms. The van der Waals surface area contributed by atoms with E-state index in [9.17, 15) is 4.79 Å². The number of nitrogens with one attached hydrogen (secondary N) is 3. The van der Waals surface area contributed by atoms with Crippen molar-refractivity contribution in [3.63, 3.8) is 0 Å². The Morgan fingerprint density at radius 3 is 2.73 bits per heavy atom. The zero-order valence-corrected chi connectivity index (χ0v) is 22.7. The van der Waals surface area contributed by atoms with Crippen LogP contribution in [0.5, 0.6) is 11.5 Å². The summed E-state index contributed by atoms with van der Waals surface area (Å²) < 4.78 is 11.6. The fraction of sp³-hybridized carbons (Fsp3) is 0.133. The van der Waals surface area contributed by atoms with E-state index < -0.39 is 0 Å². The summed E-state index contributed by atoms with van der Waals surface area (Å²) >= 11 is 6.53. The van der Waals surface area contributed by atoms with Crippen LogP contribution >= 0.6 is 11.6 Å². The Hall–Kier alpha value is -4.93. The van der Waals surface area contributed by atoms with Crippen LogP contribution in [0.4, 0.5) is 17.2 Å². The standard InChI is InChI=1S/C30H27ClN6O4/c1-2-27(39)37-24-14-19(7-9-26(24)40-13-5-12-38)22-16-33-29-28(22)30(35-18-34-29)36-20-8-10-25(23(31)15-20)41-17-21-6-3-4-11-32-21/h2-4,6-11,14-16,18,38H,1,5,12-13,17H2,(H,37,39)(H2,33,34,35,36). The largest absolute Gasteiger partial charge is 0.491 e. The first kappa shape index (κ1) is 27.6. The van der Waals surface area contributed by atoms with Gasteiger partial charge in [0.05, 0.1) is 28.4 Å². The first-order valence-corrected chi connectivity index (χ1v) is 13.2. The number of anilines is 3. The molecule has 0 radical (unpaired) electrons. The van der Waals surface area contributed by atoms with Gasteiger partial charge in [-0.2, -0.15) is 0 Å². The minimum atomic E-state index is -0.372. The number of pyridine rings is 1. The van der Waals surface area contributed by atoms with Crippen LogP contribution in [-0.4, -0.2) is 44.2 Å². The maximum Gasteiger partial charge on any atom is 0.247 e. The zero-order chi connectivity index (χ0) is 28.6. The summed E-state index contributed by atoms with van der Waals surface area (Å²) in [5.41, 5.74) is 4.20. The van der Waals surface area contributed by atoms with Gasteiger partial charge in [0.15, 0.2) is 0 Å². The Balaban J connectivity index is 1.42. The Morgan fingerprint density at radius 2 is 1.95 bits per heavy atom. The third-order valence-electron chi connectivity index (χ3n) is 6.06. The molecular weight excluding hydrogens is 544 g/mol. The molecule has 0 unspecified atom stereocenters. The number of aliphatic hydroxyl groups excluding tert-OH is 1. The van der Waals surface area contributed by atoms with E-state index in [0.717, 1.165) is 22.2 Å². The third-order valence-corrected chi connectivity index (χ3v) is 6.36. The summed E-state index contributed by atoms with van der Waals surface area (Å²) in [6, 6.07) is 16.5. The van der Waals surface area contributed by atoms with E-state index in [2.05, 4.69) is 37.1 Å². The number of rotatable bonds is 12. The highest BCUT2D eigenvalue weighted by Gasteiger charge is 2.16. The number of halogens is 1. The van der Waals surface area contributed by atoms with Gasteiger partial charge in [-0.15, -0.1) is 0 Å². The number of H-pyrrole nitrogens is 1. The molecule has 11 heteroatoms. The SMILES string of the molecule is C=CC(=O)Nc1cc(-c2c[nH]c3ncnc(Nc4ccc(OCc5ccccn5)c(Cl)c4)c23)ccc1OCCCO. The van der Waals surface area contributed by atoms with Crippen molar-refractivity contribution < 1.29 is 19.4 Å². The molecule has 1 amide bonds. The van der Waals surface area contributed by atoms with Crippen LogP contribution < -0.4 is 20.1 Å². The summed E-state index contributed by atoms with van der Waals surface area (Å²) in [5.74, 6) is 1.20. The lowest BCUT2D eigenvalue weighted by atomic mass is 10.0. The zero-order valence-electron chi connectivity index (χ0n) is 21.9. The van der Waals surface area contributed by atoms with Crippen LogP contribution in [0.25, 0.3) is 22.2 Å². The molecule has 2 aromatic carbocycles. The number of benzene rings is 2. The number of fused-ring (bicyclic) bond motifs is 1. The number of aromatic nitrogens is 4. The lowest BCUT2D eigenvalue weighted by Gasteiger charge is -2.14. The molecule has 5 rings (SSSR count). The number of amides is 1. The highest BCUT2D eigenvalue weighted by Crippen LogP contribution is 2.38. The van der Waals surface area contributed by atoms with Gasteiger partial charge >= 0.3 is 0 Å². The van der Waals surface area contributed by atoms with E-state index in [-0.39, 0.29) is 12.5 Å². The average Bonchev–Trinajstić information content (AvgIpc) is 3.43. The molecule has 0 fully saturated rings. The molecule has 0 spiro atoms. The van der Waals surface area contributed by atoms with Crippen molar-refractivity contribution >= 4 is 45.7 Å². The first-order valence-electron chi connectivity index (χ1n) is 12.8. The molecule has 0 aliphatic carbocycles. The van der Waals surface area contributed by atoms with E-state index >= 15 is 0 Å². The number of hydrogen-bond donors (Lipinski definition) is 4. The van der Waals surface area contributed by atoms with Crippen molar-refractivity contribution in [3.05, 3.63) is 96.7 Å². The lowest BCUT2D eigenvalue weighted by Crippen LogP contribution is -2.10. The van der Waals surface area contributed by atoms with Gasteiger partial charge < -0.3 is 30.2 Å². The predicted octanol–water partition coefficient (Wildman–Crippen LogP) is 5.88. The fourth-order valence-corrected chi connectivity index (χ4v) is 4.34. The van der Waals surface area contributed by atoms with Gasteiger partial charge in [0.1, 0.15) is 35.9 Å². The maximum atomic E-state index is 12.1. The molecule has 0 aliphatic heterocycles. The van der Waals surface area contributed by atoms with E-state index in [1.54, 1.807) is 30.5 Å². The van der Waals surface area contributed by atoms with E-state index in [1.807, 2.05) is 36.5 Å². The van der Waals surface area contributed by atoms with E-state index in [4.69, 9.17) is 26.2 Å². The Bertz CT molecular complexity index is 1670. The second-order valence-electron chi connectivity index (χ2n) is 8.86. The van der Waals surface area contributed by atoms with Gasteiger partial charge in [0.25, 0.3) is 0 Å². The first-order chi connectivity index (χ1) is 20.1. The average molecular weight is 571 g/mol. The maximum absolute atomic E-state index is 12.1. The quantitative estimate of drug-likeness (QED) is 0.108. The van der Waals surface area contributed by atoms with Crippen molar-refractivity contribution in [1.29, 1.82) is 0 Å². The number of ether oxygens (including phenoxy) is 2. The topological polar surface area (TPSA) is 134 Å². The van der Waals surface area contributed by atoms with Crippen LogP contribution in [-0.2, 0) is 11.4 Å². The van der Waals surface area contributed by atoms with Gasteiger partial charge in [0.2, 0.25) is 5.91 Å². The normalized spacial score (nSPS) is 10.8. The number of aliphatic hydroxyl groups is 1. The van der Waals surface area contributed by atoms with Gasteiger partial charge in [-0.05, 0) is 54.1 Å². The third kappa shape index (κ3) is 6.63. The van der Waals surface area contributed by atoms with Crippen molar-refractivity contribution in [2.24, 2.45) is 0 Å². The highest BCUT2D eigenvalue weighted by atomic mass is 35.5. The second-order valence-corrected chi connectivity index (χ2v) is 9.27. The molecule has 10 nitrogen and oxygen atoms in total. The Morgan fingerprint density at radius 1 is 1.07 bits per heavy atom. The van der Waals surface area contributed by atoms with Crippen LogP contribution in [0.3, 0.4) is 0 Å². The van der Waals surface area contributed by atoms with Gasteiger partial charge in [0, 0.05) is 36.7 Å². The minimum absolute atomic E-state index is 0.00365. The number of hydrogen-bond acceptors (Lipinski definition) is 8. The molecule has 4 N–H and O–H groups in total. The molecule has 0 saturated heterocycles. The molecule has 3 aromatic heterocycles. The van der Waals surface area contributed by atoms with Gasteiger partial charge in [-0.1, -0.05) is 30.3 Å². The number of nitrogens with zero attached hydrogens (tertiary/aromatic N) is 3. The van der Waals surface area contributed by atoms with Crippen LogP contribution in [0, 0.1) is 0 Å². The summed E-state index contributed by atoms with van der Waals surface area (Å²) in [6.07, 6.45) is 6.65. The lowest BCUT2D eigenvalue weighted by molar-refractivity contribution is -0.111. The fourth-order valence-electron chi connectivity index (χ4n) is 4.10. The van der Waals surface area contributed by atoms with Crippen molar-refractivity contribution in [2.75, 3.05) is 23.8 Å².